The molecule has 5 heteroatoms. The average Bonchev–Trinajstić information content (AvgIpc) is 3.07. The largest absolute Gasteiger partial charge is 0.497 e. The van der Waals surface area contributed by atoms with Crippen LogP contribution in [0.25, 0.3) is 28.0 Å². The van der Waals surface area contributed by atoms with E-state index < -0.39 is 0 Å². The van der Waals surface area contributed by atoms with Crippen LogP contribution in [0, 0.1) is 0 Å². The molecule has 2 aromatic carbocycles. The zero-order chi connectivity index (χ0) is 18.1. The van der Waals surface area contributed by atoms with E-state index in [2.05, 4.69) is 11.9 Å². The molecular formula is C21H18ClN3O. The van der Waals surface area contributed by atoms with Gasteiger partial charge >= 0.3 is 0 Å². The Hall–Kier alpha value is -2.85. The third kappa shape index (κ3) is 2.82. The number of hydrogen-bond donors (Lipinski definition) is 0. The molecule has 0 amide bonds. The maximum absolute atomic E-state index is 6.05. The summed E-state index contributed by atoms with van der Waals surface area (Å²) in [6.45, 7) is 2.10. The lowest BCUT2D eigenvalue weighted by Crippen LogP contribution is -1.96. The first-order valence-electron chi connectivity index (χ1n) is 8.48. The summed E-state index contributed by atoms with van der Waals surface area (Å²) in [5, 5.41) is 5.56. The van der Waals surface area contributed by atoms with Crippen molar-refractivity contribution in [2.45, 2.75) is 13.3 Å². The van der Waals surface area contributed by atoms with Crippen molar-refractivity contribution in [1.82, 2.24) is 14.6 Å². The summed E-state index contributed by atoms with van der Waals surface area (Å²) in [4.78, 5) is 4.61. The van der Waals surface area contributed by atoms with Gasteiger partial charge < -0.3 is 4.74 Å². The minimum absolute atomic E-state index is 0.716. The van der Waals surface area contributed by atoms with Crippen molar-refractivity contribution in [3.63, 3.8) is 0 Å². The highest BCUT2D eigenvalue weighted by molar-refractivity contribution is 6.30. The Morgan fingerprint density at radius 3 is 2.58 bits per heavy atom. The van der Waals surface area contributed by atoms with Gasteiger partial charge in [-0.3, -0.25) is 0 Å². The van der Waals surface area contributed by atoms with Gasteiger partial charge in [0.1, 0.15) is 5.75 Å². The summed E-state index contributed by atoms with van der Waals surface area (Å²) >= 11 is 6.05. The fourth-order valence-corrected chi connectivity index (χ4v) is 3.28. The molecule has 0 aliphatic carbocycles. The van der Waals surface area contributed by atoms with Crippen LogP contribution in [0.15, 0.2) is 60.8 Å². The first kappa shape index (κ1) is 16.6. The predicted molar refractivity (Wildman–Crippen MR) is 105 cm³/mol. The van der Waals surface area contributed by atoms with Crippen molar-refractivity contribution < 1.29 is 4.74 Å². The third-order valence-corrected chi connectivity index (χ3v) is 4.68. The number of benzene rings is 2. The molecule has 130 valence electrons. The van der Waals surface area contributed by atoms with Gasteiger partial charge in [0.2, 0.25) is 0 Å². The molecule has 0 aliphatic heterocycles. The van der Waals surface area contributed by atoms with Crippen LogP contribution in [0.2, 0.25) is 5.02 Å². The highest BCUT2D eigenvalue weighted by Gasteiger charge is 2.17. The molecule has 4 aromatic rings. The van der Waals surface area contributed by atoms with E-state index in [1.54, 1.807) is 7.11 Å². The molecule has 2 heterocycles. The number of hydrogen-bond acceptors (Lipinski definition) is 3. The maximum atomic E-state index is 6.05. The van der Waals surface area contributed by atoms with E-state index in [4.69, 9.17) is 21.4 Å². The molecular weight excluding hydrogens is 346 g/mol. The summed E-state index contributed by atoms with van der Waals surface area (Å²) in [5.74, 6) is 0.813. The number of methoxy groups -OCH3 is 1. The average molecular weight is 364 g/mol. The van der Waals surface area contributed by atoms with Gasteiger partial charge in [0, 0.05) is 22.3 Å². The standard InChI is InChI=1S/C21H18ClN3O/c1-3-18-20(14-7-9-16(22)10-8-14)21-23-12-11-19(25(21)24-18)15-5-4-6-17(13-15)26-2/h4-13H,3H2,1-2H3. The van der Waals surface area contributed by atoms with Gasteiger partial charge in [-0.1, -0.05) is 42.8 Å². The molecule has 2 aromatic heterocycles. The molecule has 0 spiro atoms. The van der Waals surface area contributed by atoms with Gasteiger partial charge in [-0.05, 0) is 42.3 Å². The molecule has 0 aliphatic rings. The van der Waals surface area contributed by atoms with Gasteiger partial charge in [-0.15, -0.1) is 0 Å². The molecule has 0 radical (unpaired) electrons. The Balaban J connectivity index is 1.96. The maximum Gasteiger partial charge on any atom is 0.163 e. The van der Waals surface area contributed by atoms with Crippen molar-refractivity contribution in [2.75, 3.05) is 7.11 Å². The number of nitrogens with zero attached hydrogens (tertiary/aromatic N) is 3. The summed E-state index contributed by atoms with van der Waals surface area (Å²) in [7, 11) is 1.67. The summed E-state index contributed by atoms with van der Waals surface area (Å²) in [5.41, 5.74) is 5.97. The van der Waals surface area contributed by atoms with Gasteiger partial charge in [0.25, 0.3) is 0 Å². The number of halogens is 1. The minimum Gasteiger partial charge on any atom is -0.497 e. The predicted octanol–water partition coefficient (Wildman–Crippen LogP) is 5.29. The van der Waals surface area contributed by atoms with Gasteiger partial charge in [0.05, 0.1) is 18.5 Å². The molecule has 4 rings (SSSR count). The zero-order valence-corrected chi connectivity index (χ0v) is 15.4. The number of rotatable bonds is 4. The van der Waals surface area contributed by atoms with Crippen molar-refractivity contribution in [1.29, 1.82) is 0 Å². The SMILES string of the molecule is CCc1nn2c(-c3cccc(OC)c3)ccnc2c1-c1ccc(Cl)cc1. The van der Waals surface area contributed by atoms with E-state index >= 15 is 0 Å². The fraction of sp³-hybridized carbons (Fsp3) is 0.143. The van der Waals surface area contributed by atoms with E-state index in [9.17, 15) is 0 Å². The third-order valence-electron chi connectivity index (χ3n) is 4.42. The molecule has 0 bridgehead atoms. The van der Waals surface area contributed by atoms with E-state index in [-0.39, 0.29) is 0 Å². The van der Waals surface area contributed by atoms with E-state index in [0.717, 1.165) is 45.9 Å². The molecule has 0 unspecified atom stereocenters. The Morgan fingerprint density at radius 1 is 1.04 bits per heavy atom. The highest BCUT2D eigenvalue weighted by atomic mass is 35.5. The van der Waals surface area contributed by atoms with E-state index in [0.29, 0.717) is 5.02 Å². The topological polar surface area (TPSA) is 39.4 Å². The van der Waals surface area contributed by atoms with Crippen LogP contribution >= 0.6 is 11.6 Å². The van der Waals surface area contributed by atoms with Crippen LogP contribution in [0.5, 0.6) is 5.75 Å². The van der Waals surface area contributed by atoms with Crippen LogP contribution in [0.4, 0.5) is 0 Å². The van der Waals surface area contributed by atoms with Crippen LogP contribution < -0.4 is 4.74 Å². The summed E-state index contributed by atoms with van der Waals surface area (Å²) in [6, 6.07) is 17.7. The number of ether oxygens (including phenoxy) is 1. The normalized spacial score (nSPS) is 11.0. The molecule has 0 saturated carbocycles. The Bertz CT molecular complexity index is 1070. The van der Waals surface area contributed by atoms with Crippen molar-refractivity contribution >= 4 is 17.2 Å². The molecule has 0 atom stereocenters. The summed E-state index contributed by atoms with van der Waals surface area (Å²) < 4.78 is 7.28. The lowest BCUT2D eigenvalue weighted by atomic mass is 10.0. The first-order chi connectivity index (χ1) is 12.7. The Labute approximate surface area is 157 Å². The van der Waals surface area contributed by atoms with Crippen molar-refractivity contribution in [2.24, 2.45) is 0 Å². The number of aryl methyl sites for hydroxylation is 1. The van der Waals surface area contributed by atoms with Gasteiger partial charge in [-0.2, -0.15) is 5.10 Å². The number of aromatic nitrogens is 3. The second kappa shape index (κ2) is 6.81. The summed E-state index contributed by atoms with van der Waals surface area (Å²) in [6.07, 6.45) is 2.64. The van der Waals surface area contributed by atoms with Crippen molar-refractivity contribution in [3.05, 3.63) is 71.5 Å². The highest BCUT2D eigenvalue weighted by Crippen LogP contribution is 2.32. The number of fused-ring (bicyclic) bond motifs is 1. The van der Waals surface area contributed by atoms with Crippen LogP contribution in [-0.2, 0) is 6.42 Å². The molecule has 26 heavy (non-hydrogen) atoms. The first-order valence-corrected chi connectivity index (χ1v) is 8.86. The molecule has 0 N–H and O–H groups in total. The van der Waals surface area contributed by atoms with Crippen LogP contribution in [-0.4, -0.2) is 21.7 Å². The van der Waals surface area contributed by atoms with E-state index in [1.807, 2.05) is 65.3 Å². The molecule has 0 saturated heterocycles. The monoisotopic (exact) mass is 363 g/mol. The lowest BCUT2D eigenvalue weighted by molar-refractivity contribution is 0.415. The fourth-order valence-electron chi connectivity index (χ4n) is 3.15. The quantitative estimate of drug-likeness (QED) is 0.494. The zero-order valence-electron chi connectivity index (χ0n) is 14.6. The van der Waals surface area contributed by atoms with Crippen LogP contribution in [0.1, 0.15) is 12.6 Å². The van der Waals surface area contributed by atoms with Gasteiger partial charge in [0.15, 0.2) is 5.65 Å². The molecule has 0 fully saturated rings. The molecule has 4 nitrogen and oxygen atoms in total. The van der Waals surface area contributed by atoms with Crippen molar-refractivity contribution in [3.8, 4) is 28.1 Å². The van der Waals surface area contributed by atoms with Crippen LogP contribution in [0.3, 0.4) is 0 Å². The van der Waals surface area contributed by atoms with E-state index in [1.165, 1.54) is 0 Å². The lowest BCUT2D eigenvalue weighted by Gasteiger charge is -2.07. The van der Waals surface area contributed by atoms with Gasteiger partial charge in [-0.25, -0.2) is 9.50 Å². The smallest absolute Gasteiger partial charge is 0.163 e. The Kier molecular flexibility index (Phi) is 4.35. The Morgan fingerprint density at radius 2 is 1.85 bits per heavy atom. The second-order valence-corrected chi connectivity index (χ2v) is 6.42. The minimum atomic E-state index is 0.716. The second-order valence-electron chi connectivity index (χ2n) is 5.98.